The molecular formula is C10H12N2O. The molecule has 1 amide bonds. The summed E-state index contributed by atoms with van der Waals surface area (Å²) in [6.07, 6.45) is 9.15. The van der Waals surface area contributed by atoms with Gasteiger partial charge in [0.05, 0.1) is 6.04 Å². The molecule has 1 aliphatic carbocycles. The number of carbonyl (C=O) groups excluding carboxylic acids is 1. The van der Waals surface area contributed by atoms with Crippen molar-refractivity contribution in [3.8, 4) is 0 Å². The highest BCUT2D eigenvalue weighted by Crippen LogP contribution is 2.24. The number of primary amides is 1. The monoisotopic (exact) mass is 176 g/mol. The van der Waals surface area contributed by atoms with Gasteiger partial charge < -0.3 is 5.73 Å². The van der Waals surface area contributed by atoms with Crippen LogP contribution in [0.25, 0.3) is 0 Å². The smallest absolute Gasteiger partial charge is 0.266 e. The summed E-state index contributed by atoms with van der Waals surface area (Å²) in [7, 11) is 0. The number of aliphatic imine (C=N–C) groups is 1. The maximum absolute atomic E-state index is 10.8. The summed E-state index contributed by atoms with van der Waals surface area (Å²) in [4.78, 5) is 15.1. The minimum absolute atomic E-state index is 0.182. The number of nitrogens with zero attached hydrogens (tertiary/aromatic N) is 1. The first-order chi connectivity index (χ1) is 6.27. The Morgan fingerprint density at radius 2 is 2.38 bits per heavy atom. The van der Waals surface area contributed by atoms with Crippen LogP contribution in [0.2, 0.25) is 0 Å². The molecule has 1 heterocycles. The van der Waals surface area contributed by atoms with Crippen LogP contribution in [0, 0.1) is 0 Å². The standard InChI is InChI=1S/C10H12N2O/c11-10(13)9-6-5-7-3-1-2-4-8(7)12-9/h3,5-6,8H,1-2,4H2,(H2,11,13). The van der Waals surface area contributed by atoms with Crippen molar-refractivity contribution in [2.75, 3.05) is 0 Å². The van der Waals surface area contributed by atoms with Gasteiger partial charge in [-0.25, -0.2) is 0 Å². The van der Waals surface area contributed by atoms with Crippen LogP contribution >= 0.6 is 0 Å². The van der Waals surface area contributed by atoms with Gasteiger partial charge in [0.2, 0.25) is 0 Å². The van der Waals surface area contributed by atoms with Gasteiger partial charge in [-0.05, 0) is 30.9 Å². The Kier molecular flexibility index (Phi) is 2.00. The molecule has 2 aliphatic rings. The van der Waals surface area contributed by atoms with E-state index in [2.05, 4.69) is 11.1 Å². The summed E-state index contributed by atoms with van der Waals surface area (Å²) < 4.78 is 0. The average Bonchev–Trinajstić information content (AvgIpc) is 2.17. The van der Waals surface area contributed by atoms with Gasteiger partial charge in [-0.3, -0.25) is 9.79 Å². The quantitative estimate of drug-likeness (QED) is 0.635. The van der Waals surface area contributed by atoms with Crippen LogP contribution in [0.15, 0.2) is 28.8 Å². The van der Waals surface area contributed by atoms with Crippen LogP contribution in [0.5, 0.6) is 0 Å². The normalized spacial score (nSPS) is 26.0. The molecule has 3 heteroatoms. The summed E-state index contributed by atoms with van der Waals surface area (Å²) >= 11 is 0. The zero-order valence-electron chi connectivity index (χ0n) is 7.36. The van der Waals surface area contributed by atoms with E-state index in [4.69, 9.17) is 5.73 Å². The van der Waals surface area contributed by atoms with Crippen molar-refractivity contribution in [2.45, 2.75) is 25.3 Å². The van der Waals surface area contributed by atoms with Crippen molar-refractivity contribution < 1.29 is 4.79 Å². The van der Waals surface area contributed by atoms with Crippen LogP contribution < -0.4 is 5.73 Å². The molecule has 1 unspecified atom stereocenters. The van der Waals surface area contributed by atoms with Gasteiger partial charge in [0.15, 0.2) is 0 Å². The third kappa shape index (κ3) is 1.54. The predicted molar refractivity (Wildman–Crippen MR) is 51.5 cm³/mol. The van der Waals surface area contributed by atoms with Gasteiger partial charge >= 0.3 is 0 Å². The first kappa shape index (κ1) is 8.23. The first-order valence-corrected chi connectivity index (χ1v) is 4.53. The average molecular weight is 176 g/mol. The van der Waals surface area contributed by atoms with Gasteiger partial charge in [-0.2, -0.15) is 0 Å². The highest BCUT2D eigenvalue weighted by atomic mass is 16.1. The molecule has 2 N–H and O–H groups in total. The van der Waals surface area contributed by atoms with E-state index in [-0.39, 0.29) is 6.04 Å². The lowest BCUT2D eigenvalue weighted by Gasteiger charge is -2.21. The number of rotatable bonds is 1. The fourth-order valence-corrected chi connectivity index (χ4v) is 1.73. The summed E-state index contributed by atoms with van der Waals surface area (Å²) in [6, 6.07) is 0.182. The van der Waals surface area contributed by atoms with E-state index in [0.717, 1.165) is 19.3 Å². The molecule has 13 heavy (non-hydrogen) atoms. The molecular weight excluding hydrogens is 164 g/mol. The third-order valence-electron chi connectivity index (χ3n) is 2.43. The SMILES string of the molecule is NC(=O)C1=NC2CCCC=C2C=C1. The number of allylic oxidation sites excluding steroid dienone is 1. The molecule has 0 bridgehead atoms. The zero-order chi connectivity index (χ0) is 9.26. The van der Waals surface area contributed by atoms with Crippen molar-refractivity contribution in [3.05, 3.63) is 23.8 Å². The van der Waals surface area contributed by atoms with Gasteiger partial charge in [-0.1, -0.05) is 12.2 Å². The van der Waals surface area contributed by atoms with Gasteiger partial charge in [-0.15, -0.1) is 0 Å². The molecule has 0 spiro atoms. The van der Waals surface area contributed by atoms with E-state index in [1.807, 2.05) is 6.08 Å². The molecule has 0 saturated carbocycles. The number of fused-ring (bicyclic) bond motifs is 1. The molecule has 0 radical (unpaired) electrons. The molecule has 1 atom stereocenters. The number of amides is 1. The minimum Gasteiger partial charge on any atom is -0.364 e. The summed E-state index contributed by atoms with van der Waals surface area (Å²) in [6.45, 7) is 0. The highest BCUT2D eigenvalue weighted by Gasteiger charge is 2.19. The maximum atomic E-state index is 10.8. The van der Waals surface area contributed by atoms with Crippen LogP contribution in [-0.2, 0) is 4.79 Å². The summed E-state index contributed by atoms with van der Waals surface area (Å²) in [5.41, 5.74) is 6.79. The topological polar surface area (TPSA) is 55.5 Å². The van der Waals surface area contributed by atoms with E-state index in [1.54, 1.807) is 6.08 Å². The second-order valence-electron chi connectivity index (χ2n) is 3.36. The first-order valence-electron chi connectivity index (χ1n) is 4.53. The zero-order valence-corrected chi connectivity index (χ0v) is 7.36. The van der Waals surface area contributed by atoms with Gasteiger partial charge in [0.25, 0.3) is 5.91 Å². The summed E-state index contributed by atoms with van der Waals surface area (Å²) in [5, 5.41) is 0. The van der Waals surface area contributed by atoms with Crippen molar-refractivity contribution in [1.82, 2.24) is 0 Å². The Balaban J connectivity index is 2.27. The van der Waals surface area contributed by atoms with Crippen molar-refractivity contribution >= 4 is 11.6 Å². The van der Waals surface area contributed by atoms with Crippen molar-refractivity contribution in [3.63, 3.8) is 0 Å². The van der Waals surface area contributed by atoms with E-state index in [9.17, 15) is 4.79 Å². The lowest BCUT2D eigenvalue weighted by atomic mass is 9.92. The second kappa shape index (κ2) is 3.17. The van der Waals surface area contributed by atoms with Gasteiger partial charge in [0.1, 0.15) is 5.71 Å². The Morgan fingerprint density at radius 3 is 3.15 bits per heavy atom. The molecule has 0 fully saturated rings. The van der Waals surface area contributed by atoms with Crippen LogP contribution in [0.4, 0.5) is 0 Å². The molecule has 68 valence electrons. The lowest BCUT2D eigenvalue weighted by Crippen LogP contribution is -2.27. The number of hydrogen-bond donors (Lipinski definition) is 1. The van der Waals surface area contributed by atoms with E-state index in [1.165, 1.54) is 5.57 Å². The molecule has 0 aromatic carbocycles. The Bertz CT molecular complexity index is 326. The minimum atomic E-state index is -0.430. The van der Waals surface area contributed by atoms with E-state index in [0.29, 0.717) is 5.71 Å². The molecule has 2 rings (SSSR count). The van der Waals surface area contributed by atoms with E-state index >= 15 is 0 Å². The number of hydrogen-bond acceptors (Lipinski definition) is 2. The highest BCUT2D eigenvalue weighted by molar-refractivity contribution is 6.43. The van der Waals surface area contributed by atoms with Crippen LogP contribution in [-0.4, -0.2) is 17.7 Å². The molecule has 0 aromatic heterocycles. The van der Waals surface area contributed by atoms with Crippen LogP contribution in [0.3, 0.4) is 0 Å². The molecule has 1 aliphatic heterocycles. The fourth-order valence-electron chi connectivity index (χ4n) is 1.73. The fraction of sp³-hybridized carbons (Fsp3) is 0.400. The molecule has 0 aromatic rings. The third-order valence-corrected chi connectivity index (χ3v) is 2.43. The lowest BCUT2D eigenvalue weighted by molar-refractivity contribution is -0.111. The second-order valence-corrected chi connectivity index (χ2v) is 3.36. The van der Waals surface area contributed by atoms with Crippen LogP contribution in [0.1, 0.15) is 19.3 Å². The number of nitrogens with two attached hydrogens (primary N) is 1. The molecule has 3 nitrogen and oxygen atoms in total. The Morgan fingerprint density at radius 1 is 1.54 bits per heavy atom. The maximum Gasteiger partial charge on any atom is 0.266 e. The Labute approximate surface area is 77.0 Å². The largest absolute Gasteiger partial charge is 0.364 e. The van der Waals surface area contributed by atoms with Gasteiger partial charge in [0, 0.05) is 0 Å². The van der Waals surface area contributed by atoms with Crippen molar-refractivity contribution in [1.29, 1.82) is 0 Å². The summed E-state index contributed by atoms with van der Waals surface area (Å²) in [5.74, 6) is -0.430. The number of dihydropyridines is 1. The predicted octanol–water partition coefficient (Wildman–Crippen LogP) is 0.961. The Hall–Kier alpha value is -1.38. The van der Waals surface area contributed by atoms with E-state index < -0.39 is 5.91 Å². The molecule has 0 saturated heterocycles. The number of carbonyl (C=O) groups is 1. The van der Waals surface area contributed by atoms with Crippen molar-refractivity contribution in [2.24, 2.45) is 10.7 Å².